The highest BCUT2D eigenvalue weighted by molar-refractivity contribution is 5.42. The van der Waals surface area contributed by atoms with Crippen molar-refractivity contribution in [3.8, 4) is 5.75 Å². The number of aromatic hydroxyl groups is 1. The molecule has 76 valence electrons. The van der Waals surface area contributed by atoms with Crippen molar-refractivity contribution < 1.29 is 9.50 Å². The molecule has 0 amide bonds. The zero-order valence-corrected chi connectivity index (χ0v) is 7.96. The van der Waals surface area contributed by atoms with Crippen LogP contribution in [0.3, 0.4) is 0 Å². The molecule has 0 spiro atoms. The van der Waals surface area contributed by atoms with Gasteiger partial charge in [0, 0.05) is 11.1 Å². The van der Waals surface area contributed by atoms with Gasteiger partial charge < -0.3 is 10.8 Å². The van der Waals surface area contributed by atoms with Gasteiger partial charge in [0.25, 0.3) is 0 Å². The first kappa shape index (κ1) is 9.46. The van der Waals surface area contributed by atoms with Crippen molar-refractivity contribution in [2.45, 2.75) is 31.5 Å². The average molecular weight is 195 g/mol. The summed E-state index contributed by atoms with van der Waals surface area (Å²) in [6.45, 7) is -0.511. The number of phenols is 1. The minimum Gasteiger partial charge on any atom is -0.508 e. The number of hydrogen-bond acceptors (Lipinski definition) is 2. The molecule has 0 aromatic heterocycles. The van der Waals surface area contributed by atoms with Gasteiger partial charge in [0.2, 0.25) is 0 Å². The quantitative estimate of drug-likeness (QED) is 0.759. The van der Waals surface area contributed by atoms with Crippen LogP contribution < -0.4 is 5.73 Å². The Kier molecular flexibility index (Phi) is 2.19. The predicted octanol–water partition coefficient (Wildman–Crippen LogP) is 2.20. The first-order valence-electron chi connectivity index (χ1n) is 4.83. The summed E-state index contributed by atoms with van der Waals surface area (Å²) >= 11 is 0. The van der Waals surface area contributed by atoms with E-state index in [2.05, 4.69) is 0 Å². The minimum absolute atomic E-state index is 0.185. The van der Waals surface area contributed by atoms with Crippen LogP contribution >= 0.6 is 0 Å². The number of halogens is 1. The molecule has 0 heterocycles. The molecular weight excluding hydrogens is 181 g/mol. The maximum atomic E-state index is 12.4. The van der Waals surface area contributed by atoms with Crippen LogP contribution in [0, 0.1) is 0 Å². The number of phenolic OH excluding ortho intramolecular Hbond substituents is 1. The maximum Gasteiger partial charge on any atom is 0.120 e. The minimum atomic E-state index is -0.511. The molecule has 0 radical (unpaired) electrons. The molecule has 1 saturated carbocycles. The third kappa shape index (κ3) is 1.38. The molecule has 1 aliphatic carbocycles. The van der Waals surface area contributed by atoms with Gasteiger partial charge in [-0.15, -0.1) is 0 Å². The Morgan fingerprint density at radius 1 is 1.43 bits per heavy atom. The fourth-order valence-corrected chi connectivity index (χ4v) is 1.89. The lowest BCUT2D eigenvalue weighted by Gasteiger charge is -2.39. The first-order chi connectivity index (χ1) is 6.65. The van der Waals surface area contributed by atoms with Crippen molar-refractivity contribution >= 4 is 0 Å². The van der Waals surface area contributed by atoms with Gasteiger partial charge in [-0.1, -0.05) is 6.07 Å². The van der Waals surface area contributed by atoms with Gasteiger partial charge in [-0.05, 0) is 37.0 Å². The highest BCUT2D eigenvalue weighted by Crippen LogP contribution is 2.42. The van der Waals surface area contributed by atoms with E-state index in [-0.39, 0.29) is 5.75 Å². The summed E-state index contributed by atoms with van der Waals surface area (Å²) in [4.78, 5) is 0. The maximum absolute atomic E-state index is 12.4. The van der Waals surface area contributed by atoms with Gasteiger partial charge in [-0.3, -0.25) is 0 Å². The molecule has 3 N–H and O–H groups in total. The normalized spacial score (nSPS) is 19.0. The monoisotopic (exact) mass is 195 g/mol. The topological polar surface area (TPSA) is 46.2 Å². The summed E-state index contributed by atoms with van der Waals surface area (Å²) in [7, 11) is 0. The van der Waals surface area contributed by atoms with E-state index in [9.17, 15) is 9.50 Å². The van der Waals surface area contributed by atoms with E-state index in [1.54, 1.807) is 12.1 Å². The first-order valence-corrected chi connectivity index (χ1v) is 4.83. The molecular formula is C11H14FNO. The molecule has 1 fully saturated rings. The second-order valence-electron chi connectivity index (χ2n) is 3.99. The smallest absolute Gasteiger partial charge is 0.120 e. The Bertz CT molecular complexity index is 347. The standard InChI is InChI=1S/C11H14FNO/c12-7-8-2-3-10(14)9(6-8)11(13)4-1-5-11/h2-3,6,14H,1,4-5,7,13H2. The van der Waals surface area contributed by atoms with Gasteiger partial charge in [0.15, 0.2) is 0 Å². The molecule has 14 heavy (non-hydrogen) atoms. The Morgan fingerprint density at radius 3 is 2.64 bits per heavy atom. The molecule has 3 heteroatoms. The molecule has 1 aromatic rings. The Balaban J connectivity index is 2.40. The summed E-state index contributed by atoms with van der Waals surface area (Å²) in [5, 5.41) is 9.63. The van der Waals surface area contributed by atoms with Crippen molar-refractivity contribution in [2.24, 2.45) is 5.73 Å². The molecule has 0 aliphatic heterocycles. The fraction of sp³-hybridized carbons (Fsp3) is 0.455. The third-order valence-corrected chi connectivity index (χ3v) is 3.00. The van der Waals surface area contributed by atoms with Crippen LogP contribution in [0.1, 0.15) is 30.4 Å². The van der Waals surface area contributed by atoms with Crippen LogP contribution in [-0.2, 0) is 12.2 Å². The number of benzene rings is 1. The summed E-state index contributed by atoms with van der Waals surface area (Å²) in [5.41, 5.74) is 6.92. The van der Waals surface area contributed by atoms with Crippen LogP contribution in [0.25, 0.3) is 0 Å². The van der Waals surface area contributed by atoms with E-state index < -0.39 is 12.2 Å². The van der Waals surface area contributed by atoms with Crippen LogP contribution in [-0.4, -0.2) is 5.11 Å². The van der Waals surface area contributed by atoms with Crippen LogP contribution in [0.2, 0.25) is 0 Å². The fourth-order valence-electron chi connectivity index (χ4n) is 1.89. The van der Waals surface area contributed by atoms with Crippen LogP contribution in [0.15, 0.2) is 18.2 Å². The lowest BCUT2D eigenvalue weighted by atomic mass is 9.72. The number of alkyl halides is 1. The van der Waals surface area contributed by atoms with Gasteiger partial charge in [-0.2, -0.15) is 0 Å². The highest BCUT2D eigenvalue weighted by atomic mass is 19.1. The second-order valence-corrected chi connectivity index (χ2v) is 3.99. The SMILES string of the molecule is NC1(c2cc(CF)ccc2O)CCC1. The van der Waals surface area contributed by atoms with E-state index in [1.807, 2.05) is 0 Å². The Morgan fingerprint density at radius 2 is 2.14 bits per heavy atom. The van der Waals surface area contributed by atoms with Crippen molar-refractivity contribution in [1.82, 2.24) is 0 Å². The van der Waals surface area contributed by atoms with Crippen molar-refractivity contribution in [3.05, 3.63) is 29.3 Å². The summed E-state index contributed by atoms with van der Waals surface area (Å²) in [6, 6.07) is 4.78. The van der Waals surface area contributed by atoms with Crippen molar-refractivity contribution in [1.29, 1.82) is 0 Å². The number of nitrogens with two attached hydrogens (primary N) is 1. The van der Waals surface area contributed by atoms with Gasteiger partial charge in [0.1, 0.15) is 12.4 Å². The molecule has 0 bridgehead atoms. The summed E-state index contributed by atoms with van der Waals surface area (Å²) in [6.07, 6.45) is 2.82. The van der Waals surface area contributed by atoms with Crippen molar-refractivity contribution in [2.75, 3.05) is 0 Å². The number of hydrogen-bond donors (Lipinski definition) is 2. The molecule has 2 nitrogen and oxygen atoms in total. The van der Waals surface area contributed by atoms with E-state index in [4.69, 9.17) is 5.73 Å². The van der Waals surface area contributed by atoms with E-state index in [0.717, 1.165) is 19.3 Å². The average Bonchev–Trinajstić information content (AvgIpc) is 2.15. The molecule has 1 aliphatic rings. The second kappa shape index (κ2) is 3.24. The third-order valence-electron chi connectivity index (χ3n) is 3.00. The van der Waals surface area contributed by atoms with E-state index >= 15 is 0 Å². The molecule has 2 rings (SSSR count). The zero-order valence-electron chi connectivity index (χ0n) is 7.96. The summed E-state index contributed by atoms with van der Waals surface area (Å²) in [5.74, 6) is 0.185. The van der Waals surface area contributed by atoms with E-state index in [1.165, 1.54) is 6.07 Å². The lowest BCUT2D eigenvalue weighted by Crippen LogP contribution is -2.43. The highest BCUT2D eigenvalue weighted by Gasteiger charge is 2.36. The molecule has 0 atom stereocenters. The molecule has 0 saturated heterocycles. The van der Waals surface area contributed by atoms with Crippen LogP contribution in [0.4, 0.5) is 4.39 Å². The Labute approximate surface area is 82.5 Å². The van der Waals surface area contributed by atoms with Crippen molar-refractivity contribution in [3.63, 3.8) is 0 Å². The number of rotatable bonds is 2. The van der Waals surface area contributed by atoms with Crippen LogP contribution in [0.5, 0.6) is 5.75 Å². The Hall–Kier alpha value is -1.09. The molecule has 1 aromatic carbocycles. The van der Waals surface area contributed by atoms with E-state index in [0.29, 0.717) is 11.1 Å². The predicted molar refractivity (Wildman–Crippen MR) is 52.6 cm³/mol. The van der Waals surface area contributed by atoms with Gasteiger partial charge in [0.05, 0.1) is 0 Å². The zero-order chi connectivity index (χ0) is 10.2. The van der Waals surface area contributed by atoms with Gasteiger partial charge >= 0.3 is 0 Å². The molecule has 0 unspecified atom stereocenters. The summed E-state index contributed by atoms with van der Waals surface area (Å²) < 4.78 is 12.4. The van der Waals surface area contributed by atoms with Gasteiger partial charge in [-0.25, -0.2) is 4.39 Å². The largest absolute Gasteiger partial charge is 0.508 e. The lowest BCUT2D eigenvalue weighted by molar-refractivity contribution is 0.245.